The lowest BCUT2D eigenvalue weighted by Crippen LogP contribution is -2.39. The number of hydrogen-bond donors (Lipinski definition) is 3. The zero-order valence-corrected chi connectivity index (χ0v) is 11.8. The normalized spacial score (nSPS) is 11.9. The first kappa shape index (κ1) is 15.8. The van der Waals surface area contributed by atoms with Crippen molar-refractivity contribution >= 4 is 40.8 Å². The van der Waals surface area contributed by atoms with Crippen molar-refractivity contribution in [2.75, 3.05) is 11.9 Å². The molecule has 0 radical (unpaired) electrons. The molecule has 1 aromatic rings. The van der Waals surface area contributed by atoms with Gasteiger partial charge >= 0.3 is 5.97 Å². The molecule has 5 nitrogen and oxygen atoms in total. The fourth-order valence-corrected chi connectivity index (χ4v) is 1.81. The van der Waals surface area contributed by atoms with Crippen molar-refractivity contribution in [1.82, 2.24) is 5.32 Å². The van der Waals surface area contributed by atoms with Gasteiger partial charge in [-0.15, -0.1) is 0 Å². The second-order valence-corrected chi connectivity index (χ2v) is 4.67. The van der Waals surface area contributed by atoms with Gasteiger partial charge in [-0.2, -0.15) is 0 Å². The molecule has 3 N–H and O–H groups in total. The van der Waals surface area contributed by atoms with Crippen molar-refractivity contribution in [3.8, 4) is 0 Å². The number of benzene rings is 1. The Morgan fingerprint density at radius 1 is 1.37 bits per heavy atom. The maximum Gasteiger partial charge on any atom is 0.321 e. The third-order valence-electron chi connectivity index (χ3n) is 2.34. The van der Waals surface area contributed by atoms with Gasteiger partial charge in [0, 0.05) is 5.02 Å². The van der Waals surface area contributed by atoms with E-state index in [9.17, 15) is 9.59 Å². The van der Waals surface area contributed by atoms with Crippen molar-refractivity contribution in [2.45, 2.75) is 19.4 Å². The number of carbonyl (C=O) groups is 2. The van der Waals surface area contributed by atoms with Gasteiger partial charge in [-0.3, -0.25) is 9.59 Å². The molecular weight excluding hydrogens is 291 g/mol. The highest BCUT2D eigenvalue weighted by Gasteiger charge is 2.20. The first-order chi connectivity index (χ1) is 8.93. The predicted octanol–water partition coefficient (Wildman–Crippen LogP) is 2.38. The van der Waals surface area contributed by atoms with Crippen LogP contribution in [0, 0.1) is 0 Å². The zero-order chi connectivity index (χ0) is 14.4. The van der Waals surface area contributed by atoms with E-state index in [2.05, 4.69) is 10.6 Å². The van der Waals surface area contributed by atoms with Crippen LogP contribution in [-0.4, -0.2) is 29.6 Å². The third-order valence-corrected chi connectivity index (χ3v) is 2.91. The van der Waals surface area contributed by atoms with Gasteiger partial charge in [0.1, 0.15) is 6.04 Å². The average molecular weight is 305 g/mol. The van der Waals surface area contributed by atoms with Gasteiger partial charge in [0.2, 0.25) is 5.91 Å². The van der Waals surface area contributed by atoms with Crippen molar-refractivity contribution in [3.63, 3.8) is 0 Å². The molecule has 1 amide bonds. The molecule has 1 rings (SSSR count). The minimum atomic E-state index is -1.07. The summed E-state index contributed by atoms with van der Waals surface area (Å²) in [6.07, 6.45) is -0.188. The standard InChI is InChI=1S/C12H14Cl2N2O3/c1-2-15-10(12(18)19)6-11(17)16-9-5-7(13)3-4-8(9)14/h3-5,10,15H,2,6H2,1H3,(H,16,17)(H,18,19). The number of anilines is 1. The van der Waals surface area contributed by atoms with Gasteiger partial charge in [-0.1, -0.05) is 30.1 Å². The summed E-state index contributed by atoms with van der Waals surface area (Å²) in [6, 6.07) is 3.73. The van der Waals surface area contributed by atoms with Crippen LogP contribution in [0.2, 0.25) is 10.0 Å². The summed E-state index contributed by atoms with van der Waals surface area (Å²) in [4.78, 5) is 22.7. The van der Waals surface area contributed by atoms with Crippen molar-refractivity contribution in [2.24, 2.45) is 0 Å². The van der Waals surface area contributed by atoms with E-state index in [-0.39, 0.29) is 6.42 Å². The monoisotopic (exact) mass is 304 g/mol. The molecule has 104 valence electrons. The van der Waals surface area contributed by atoms with Crippen LogP contribution in [0.25, 0.3) is 0 Å². The second-order valence-electron chi connectivity index (χ2n) is 3.82. The summed E-state index contributed by atoms with van der Waals surface area (Å²) in [5, 5.41) is 14.9. The number of carbonyl (C=O) groups excluding carboxylic acids is 1. The molecule has 0 heterocycles. The first-order valence-electron chi connectivity index (χ1n) is 5.65. The summed E-state index contributed by atoms with van der Waals surface area (Å²) in [5.41, 5.74) is 0.361. The molecule has 0 saturated carbocycles. The maximum absolute atomic E-state index is 11.7. The Kier molecular flexibility index (Phi) is 6.08. The van der Waals surface area contributed by atoms with E-state index in [1.807, 2.05) is 0 Å². The highest BCUT2D eigenvalue weighted by atomic mass is 35.5. The van der Waals surface area contributed by atoms with Gasteiger partial charge in [-0.25, -0.2) is 0 Å². The van der Waals surface area contributed by atoms with E-state index in [0.29, 0.717) is 22.3 Å². The number of rotatable bonds is 6. The summed E-state index contributed by atoms with van der Waals surface area (Å²) >= 11 is 11.7. The van der Waals surface area contributed by atoms with Gasteiger partial charge in [-0.05, 0) is 24.7 Å². The van der Waals surface area contributed by atoms with E-state index in [0.717, 1.165) is 0 Å². The van der Waals surface area contributed by atoms with Crippen LogP contribution in [0.3, 0.4) is 0 Å². The first-order valence-corrected chi connectivity index (χ1v) is 6.40. The Morgan fingerprint density at radius 3 is 2.63 bits per heavy atom. The molecule has 0 saturated heterocycles. The Labute approximate surface area is 120 Å². The SMILES string of the molecule is CCNC(CC(=O)Nc1cc(Cl)ccc1Cl)C(=O)O. The largest absolute Gasteiger partial charge is 0.480 e. The fourth-order valence-electron chi connectivity index (χ4n) is 1.47. The number of aliphatic carboxylic acids is 1. The van der Waals surface area contributed by atoms with Crippen LogP contribution in [-0.2, 0) is 9.59 Å². The van der Waals surface area contributed by atoms with E-state index < -0.39 is 17.9 Å². The summed E-state index contributed by atoms with van der Waals surface area (Å²) in [6.45, 7) is 2.23. The summed E-state index contributed by atoms with van der Waals surface area (Å²) < 4.78 is 0. The lowest BCUT2D eigenvalue weighted by Gasteiger charge is -2.13. The van der Waals surface area contributed by atoms with Crippen LogP contribution >= 0.6 is 23.2 Å². The van der Waals surface area contributed by atoms with Crippen molar-refractivity contribution < 1.29 is 14.7 Å². The van der Waals surface area contributed by atoms with Crippen LogP contribution in [0.5, 0.6) is 0 Å². The van der Waals surface area contributed by atoms with Crippen molar-refractivity contribution in [1.29, 1.82) is 0 Å². The van der Waals surface area contributed by atoms with E-state index >= 15 is 0 Å². The van der Waals surface area contributed by atoms with Gasteiger partial charge in [0.15, 0.2) is 0 Å². The number of likely N-dealkylation sites (N-methyl/N-ethyl adjacent to an activating group) is 1. The molecule has 0 aliphatic carbocycles. The van der Waals surface area contributed by atoms with Crippen molar-refractivity contribution in [3.05, 3.63) is 28.2 Å². The maximum atomic E-state index is 11.7. The molecule has 19 heavy (non-hydrogen) atoms. The van der Waals surface area contributed by atoms with Crippen LogP contribution in [0.1, 0.15) is 13.3 Å². The molecule has 1 aromatic carbocycles. The summed E-state index contributed by atoms with van der Waals surface area (Å²) in [5.74, 6) is -1.52. The molecular formula is C12H14Cl2N2O3. The van der Waals surface area contributed by atoms with E-state index in [1.54, 1.807) is 19.1 Å². The molecule has 0 aromatic heterocycles. The third kappa shape index (κ3) is 5.06. The number of halogens is 2. The number of nitrogens with one attached hydrogen (secondary N) is 2. The Bertz CT molecular complexity index is 480. The van der Waals surface area contributed by atoms with Gasteiger partial charge < -0.3 is 15.7 Å². The van der Waals surface area contributed by atoms with Crippen LogP contribution in [0.15, 0.2) is 18.2 Å². The number of carboxylic acid groups (broad SMARTS) is 1. The molecule has 0 bridgehead atoms. The topological polar surface area (TPSA) is 78.4 Å². The lowest BCUT2D eigenvalue weighted by molar-refractivity contribution is -0.141. The smallest absolute Gasteiger partial charge is 0.321 e. The molecule has 0 aliphatic rings. The Hall–Kier alpha value is -1.30. The minimum absolute atomic E-state index is 0.188. The second kappa shape index (κ2) is 7.33. The Balaban J connectivity index is 2.68. The van der Waals surface area contributed by atoms with Crippen LogP contribution in [0.4, 0.5) is 5.69 Å². The molecule has 0 fully saturated rings. The van der Waals surface area contributed by atoms with E-state index in [4.69, 9.17) is 28.3 Å². The highest BCUT2D eigenvalue weighted by Crippen LogP contribution is 2.25. The van der Waals surface area contributed by atoms with Gasteiger partial charge in [0.25, 0.3) is 0 Å². The van der Waals surface area contributed by atoms with Gasteiger partial charge in [0.05, 0.1) is 17.1 Å². The minimum Gasteiger partial charge on any atom is -0.480 e. The highest BCUT2D eigenvalue weighted by molar-refractivity contribution is 6.35. The van der Waals surface area contributed by atoms with E-state index in [1.165, 1.54) is 6.07 Å². The number of amides is 1. The average Bonchev–Trinajstić information content (AvgIpc) is 2.33. The zero-order valence-electron chi connectivity index (χ0n) is 10.2. The molecule has 1 atom stereocenters. The molecule has 7 heteroatoms. The number of carboxylic acids is 1. The number of hydrogen-bond acceptors (Lipinski definition) is 3. The molecule has 0 aliphatic heterocycles. The Morgan fingerprint density at radius 2 is 2.05 bits per heavy atom. The fraction of sp³-hybridized carbons (Fsp3) is 0.333. The molecule has 0 spiro atoms. The lowest BCUT2D eigenvalue weighted by atomic mass is 10.2. The quantitative estimate of drug-likeness (QED) is 0.754. The predicted molar refractivity (Wildman–Crippen MR) is 74.8 cm³/mol. The molecule has 1 unspecified atom stereocenters. The van der Waals surface area contributed by atoms with Crippen LogP contribution < -0.4 is 10.6 Å². The summed E-state index contributed by atoms with van der Waals surface area (Å²) in [7, 11) is 0.